The quantitative estimate of drug-likeness (QED) is 0.659. The van der Waals surface area contributed by atoms with Gasteiger partial charge >= 0.3 is 0 Å². The van der Waals surface area contributed by atoms with E-state index in [0.717, 1.165) is 5.56 Å². The third kappa shape index (κ3) is 4.14. The highest BCUT2D eigenvalue weighted by molar-refractivity contribution is 6.30. The van der Waals surface area contributed by atoms with E-state index in [-0.39, 0.29) is 5.78 Å². The maximum Gasteiger partial charge on any atom is 0.193 e. The van der Waals surface area contributed by atoms with Crippen LogP contribution in [-0.4, -0.2) is 16.6 Å². The molecule has 3 N–H and O–H groups in total. The molecule has 0 spiro atoms. The Kier molecular flexibility index (Phi) is 4.78. The number of aliphatic hydroxyl groups is 1. The maximum absolute atomic E-state index is 12.3. The van der Waals surface area contributed by atoms with E-state index in [1.807, 2.05) is 19.1 Å². The van der Waals surface area contributed by atoms with Gasteiger partial charge in [-0.2, -0.15) is 0 Å². The van der Waals surface area contributed by atoms with E-state index < -0.39 is 5.72 Å². The van der Waals surface area contributed by atoms with E-state index in [1.165, 1.54) is 0 Å². The molecule has 0 aliphatic carbocycles. The number of carbonyl (C=O) groups is 1. The van der Waals surface area contributed by atoms with Gasteiger partial charge in [0.15, 0.2) is 5.78 Å². The minimum absolute atomic E-state index is 0.0586. The molecule has 0 heterocycles. The van der Waals surface area contributed by atoms with Crippen molar-refractivity contribution in [2.45, 2.75) is 25.5 Å². The summed E-state index contributed by atoms with van der Waals surface area (Å²) in [5, 5.41) is 10.5. The van der Waals surface area contributed by atoms with Crippen molar-refractivity contribution < 1.29 is 9.90 Å². The third-order valence-electron chi connectivity index (χ3n) is 3.45. The molecule has 0 aromatic heterocycles. The number of hydrogen-bond acceptors (Lipinski definition) is 3. The average molecular weight is 304 g/mol. The number of nitrogens with two attached hydrogens (primary N) is 1. The molecule has 0 bridgehead atoms. The second-order valence-electron chi connectivity index (χ2n) is 5.17. The number of benzene rings is 2. The summed E-state index contributed by atoms with van der Waals surface area (Å²) in [7, 11) is 0. The average Bonchev–Trinajstić information content (AvgIpc) is 2.48. The Labute approximate surface area is 129 Å². The van der Waals surface area contributed by atoms with Gasteiger partial charge in [-0.25, -0.2) is 0 Å². The lowest BCUT2D eigenvalue weighted by atomic mass is 9.97. The predicted octanol–water partition coefficient (Wildman–Crippen LogP) is 3.17. The first-order chi connectivity index (χ1) is 9.91. The molecule has 4 heteroatoms. The number of hydrogen-bond donors (Lipinski definition) is 2. The van der Waals surface area contributed by atoms with Crippen LogP contribution in [0.1, 0.15) is 34.8 Å². The first kappa shape index (κ1) is 15.7. The molecule has 2 aromatic carbocycles. The molecule has 0 aliphatic heterocycles. The lowest BCUT2D eigenvalue weighted by Crippen LogP contribution is -2.40. The molecule has 0 fully saturated rings. The van der Waals surface area contributed by atoms with E-state index in [1.54, 1.807) is 36.4 Å². The van der Waals surface area contributed by atoms with E-state index in [0.29, 0.717) is 29.0 Å². The van der Waals surface area contributed by atoms with Gasteiger partial charge in [-0.1, -0.05) is 42.8 Å². The second kappa shape index (κ2) is 6.39. The Morgan fingerprint density at radius 2 is 1.57 bits per heavy atom. The fourth-order valence-electron chi connectivity index (χ4n) is 2.02. The van der Waals surface area contributed by atoms with Gasteiger partial charge < -0.3 is 10.8 Å². The van der Waals surface area contributed by atoms with Gasteiger partial charge in [0.2, 0.25) is 0 Å². The Morgan fingerprint density at radius 1 is 1.10 bits per heavy atom. The fraction of sp³-hybridized carbons (Fsp3) is 0.235. The molecule has 0 radical (unpaired) electrons. The molecular weight excluding hydrogens is 286 g/mol. The van der Waals surface area contributed by atoms with Crippen molar-refractivity contribution >= 4 is 17.4 Å². The smallest absolute Gasteiger partial charge is 0.193 e. The van der Waals surface area contributed by atoms with Gasteiger partial charge in [0, 0.05) is 22.6 Å². The minimum atomic E-state index is -1.21. The molecular formula is C17H18ClNO2. The van der Waals surface area contributed by atoms with Crippen molar-refractivity contribution in [3.63, 3.8) is 0 Å². The number of rotatable bonds is 5. The molecule has 1 unspecified atom stereocenters. The van der Waals surface area contributed by atoms with Gasteiger partial charge in [0.05, 0.1) is 0 Å². The van der Waals surface area contributed by atoms with Crippen LogP contribution in [0.25, 0.3) is 0 Å². The van der Waals surface area contributed by atoms with Crippen LogP contribution in [0.4, 0.5) is 0 Å². The van der Waals surface area contributed by atoms with Crippen LogP contribution in [0, 0.1) is 0 Å². The molecule has 2 aromatic rings. The van der Waals surface area contributed by atoms with Gasteiger partial charge in [0.25, 0.3) is 0 Å². The summed E-state index contributed by atoms with van der Waals surface area (Å²) < 4.78 is 0. The zero-order chi connectivity index (χ0) is 15.5. The predicted molar refractivity (Wildman–Crippen MR) is 84.5 cm³/mol. The topological polar surface area (TPSA) is 63.3 Å². The highest BCUT2D eigenvalue weighted by Crippen LogP contribution is 2.16. The third-order valence-corrected chi connectivity index (χ3v) is 3.70. The van der Waals surface area contributed by atoms with Gasteiger partial charge in [-0.3, -0.25) is 4.79 Å². The van der Waals surface area contributed by atoms with Crippen LogP contribution in [0.3, 0.4) is 0 Å². The molecule has 0 saturated heterocycles. The molecule has 0 amide bonds. The zero-order valence-corrected chi connectivity index (χ0v) is 12.6. The molecule has 3 nitrogen and oxygen atoms in total. The van der Waals surface area contributed by atoms with E-state index in [9.17, 15) is 9.90 Å². The van der Waals surface area contributed by atoms with Crippen LogP contribution >= 0.6 is 11.6 Å². The van der Waals surface area contributed by atoms with Crippen LogP contribution in [0.15, 0.2) is 48.5 Å². The summed E-state index contributed by atoms with van der Waals surface area (Å²) in [6.45, 7) is 1.83. The molecule has 1 atom stereocenters. The number of ketones is 1. The monoisotopic (exact) mass is 303 g/mol. The van der Waals surface area contributed by atoms with Crippen LogP contribution < -0.4 is 5.73 Å². The van der Waals surface area contributed by atoms with Crippen LogP contribution in [-0.2, 0) is 6.42 Å². The van der Waals surface area contributed by atoms with E-state index in [4.69, 9.17) is 17.3 Å². The first-order valence-corrected chi connectivity index (χ1v) is 7.19. The summed E-state index contributed by atoms with van der Waals surface area (Å²) in [6, 6.07) is 13.9. The van der Waals surface area contributed by atoms with Gasteiger partial charge in [0.1, 0.15) is 5.72 Å². The Bertz CT molecular complexity index is 618. The summed E-state index contributed by atoms with van der Waals surface area (Å²) in [5.74, 6) is -0.0586. The molecule has 2 rings (SSSR count). The normalized spacial score (nSPS) is 13.7. The Hall–Kier alpha value is -1.68. The minimum Gasteiger partial charge on any atom is -0.376 e. The summed E-state index contributed by atoms with van der Waals surface area (Å²) in [6.07, 6.45) is 0.831. The zero-order valence-electron chi connectivity index (χ0n) is 11.8. The van der Waals surface area contributed by atoms with Gasteiger partial charge in [-0.05, 0) is 36.2 Å². The van der Waals surface area contributed by atoms with Gasteiger partial charge in [-0.15, -0.1) is 0 Å². The molecule has 21 heavy (non-hydrogen) atoms. The number of halogens is 1. The Balaban J connectivity index is 2.15. The van der Waals surface area contributed by atoms with Crippen molar-refractivity contribution in [1.82, 2.24) is 0 Å². The van der Waals surface area contributed by atoms with Crippen molar-refractivity contribution in [2.24, 2.45) is 5.73 Å². The van der Waals surface area contributed by atoms with Crippen molar-refractivity contribution in [3.05, 3.63) is 70.2 Å². The van der Waals surface area contributed by atoms with Crippen LogP contribution in [0.2, 0.25) is 5.02 Å². The Morgan fingerprint density at radius 3 is 2.05 bits per heavy atom. The second-order valence-corrected chi connectivity index (χ2v) is 5.60. The van der Waals surface area contributed by atoms with Crippen LogP contribution in [0.5, 0.6) is 0 Å². The summed E-state index contributed by atoms with van der Waals surface area (Å²) >= 11 is 5.81. The SMILES string of the molecule is CCC(N)(O)Cc1ccc(C(=O)c2ccc(Cl)cc2)cc1. The highest BCUT2D eigenvalue weighted by Gasteiger charge is 2.18. The van der Waals surface area contributed by atoms with Crippen molar-refractivity contribution in [2.75, 3.05) is 0 Å². The standard InChI is InChI=1S/C17H18ClNO2/c1-2-17(19,21)11-12-3-5-13(6-4-12)16(20)14-7-9-15(18)10-8-14/h3-10,21H,2,11,19H2,1H3. The van der Waals surface area contributed by atoms with E-state index >= 15 is 0 Å². The van der Waals surface area contributed by atoms with Crippen molar-refractivity contribution in [1.29, 1.82) is 0 Å². The highest BCUT2D eigenvalue weighted by atomic mass is 35.5. The lowest BCUT2D eigenvalue weighted by Gasteiger charge is -2.21. The van der Waals surface area contributed by atoms with Crippen molar-refractivity contribution in [3.8, 4) is 0 Å². The van der Waals surface area contributed by atoms with E-state index in [2.05, 4.69) is 0 Å². The first-order valence-electron chi connectivity index (χ1n) is 6.82. The lowest BCUT2D eigenvalue weighted by molar-refractivity contribution is 0.0434. The molecule has 110 valence electrons. The molecule has 0 aliphatic rings. The maximum atomic E-state index is 12.3. The summed E-state index contributed by atoms with van der Waals surface area (Å²) in [5.41, 5.74) is 6.61. The summed E-state index contributed by atoms with van der Waals surface area (Å²) in [4.78, 5) is 12.3. The largest absolute Gasteiger partial charge is 0.376 e. The number of carbonyl (C=O) groups excluding carboxylic acids is 1. The molecule has 0 saturated carbocycles. The fourth-order valence-corrected chi connectivity index (χ4v) is 2.15.